The first-order valence-electron chi connectivity index (χ1n) is 9.41. The minimum absolute atomic E-state index is 0.0816. The molecule has 0 radical (unpaired) electrons. The predicted molar refractivity (Wildman–Crippen MR) is 112 cm³/mol. The first-order chi connectivity index (χ1) is 12.9. The molecule has 1 aliphatic heterocycles. The number of rotatable bonds is 7. The molecule has 0 spiro atoms. The van der Waals surface area contributed by atoms with E-state index >= 15 is 0 Å². The lowest BCUT2D eigenvalue weighted by Crippen LogP contribution is -2.24. The zero-order valence-corrected chi connectivity index (χ0v) is 16.7. The summed E-state index contributed by atoms with van der Waals surface area (Å²) in [6.45, 7) is 5.39. The average molecular weight is 385 g/mol. The van der Waals surface area contributed by atoms with Crippen molar-refractivity contribution in [2.45, 2.75) is 36.6 Å². The summed E-state index contributed by atoms with van der Waals surface area (Å²) in [6, 6.07) is 14.9. The zero-order chi connectivity index (χ0) is 19.4. The number of benzene rings is 2. The third-order valence-corrected chi connectivity index (χ3v) is 7.15. The van der Waals surface area contributed by atoms with Gasteiger partial charge in [-0.15, -0.1) is 0 Å². The second-order valence-electron chi connectivity index (χ2n) is 7.39. The van der Waals surface area contributed by atoms with Crippen molar-refractivity contribution in [1.82, 2.24) is 4.90 Å². The summed E-state index contributed by atoms with van der Waals surface area (Å²) in [5.74, 6) is 0.0816. The van der Waals surface area contributed by atoms with Crippen molar-refractivity contribution in [2.24, 2.45) is 0 Å². The fourth-order valence-electron chi connectivity index (χ4n) is 3.69. The molecule has 3 rings (SSSR count). The minimum Gasteiger partial charge on any atom is -0.398 e. The standard InChI is InChI=1S/C22H28N2O2S/c1-17(15-19-7-6-13-24(19)2)21-16-18(10-11-22(21)23)12-14-27(25,26)20-8-4-3-5-9-20/h3-5,8-11,16,19H,1,6-7,12-15,23H2,2H3. The Labute approximate surface area is 162 Å². The summed E-state index contributed by atoms with van der Waals surface area (Å²) >= 11 is 0. The van der Waals surface area contributed by atoms with Crippen LogP contribution in [0.2, 0.25) is 0 Å². The molecule has 1 unspecified atom stereocenters. The van der Waals surface area contributed by atoms with Crippen LogP contribution >= 0.6 is 0 Å². The molecule has 1 atom stereocenters. The molecule has 2 aromatic carbocycles. The molecule has 0 aromatic heterocycles. The Morgan fingerprint density at radius 2 is 1.96 bits per heavy atom. The number of nitrogens with two attached hydrogens (primary N) is 1. The van der Waals surface area contributed by atoms with Crippen LogP contribution in [-0.2, 0) is 16.3 Å². The Hall–Kier alpha value is -2.11. The summed E-state index contributed by atoms with van der Waals surface area (Å²) in [5, 5.41) is 0. The van der Waals surface area contributed by atoms with Crippen molar-refractivity contribution >= 4 is 21.1 Å². The van der Waals surface area contributed by atoms with Crippen molar-refractivity contribution < 1.29 is 8.42 Å². The van der Waals surface area contributed by atoms with E-state index in [1.165, 1.54) is 12.8 Å². The van der Waals surface area contributed by atoms with Gasteiger partial charge in [0.2, 0.25) is 0 Å². The maximum absolute atomic E-state index is 12.5. The average Bonchev–Trinajstić information content (AvgIpc) is 3.06. The van der Waals surface area contributed by atoms with E-state index in [2.05, 4.69) is 18.5 Å². The van der Waals surface area contributed by atoms with E-state index in [0.29, 0.717) is 23.0 Å². The van der Waals surface area contributed by atoms with Gasteiger partial charge in [-0.3, -0.25) is 0 Å². The highest BCUT2D eigenvalue weighted by Gasteiger charge is 2.22. The van der Waals surface area contributed by atoms with Crippen LogP contribution in [0.4, 0.5) is 5.69 Å². The van der Waals surface area contributed by atoms with Gasteiger partial charge in [0.25, 0.3) is 0 Å². The highest BCUT2D eigenvalue weighted by atomic mass is 32.2. The van der Waals surface area contributed by atoms with E-state index in [0.717, 1.165) is 29.7 Å². The van der Waals surface area contributed by atoms with Gasteiger partial charge in [0.15, 0.2) is 9.84 Å². The van der Waals surface area contributed by atoms with Crippen LogP contribution in [0.5, 0.6) is 0 Å². The maximum atomic E-state index is 12.5. The van der Waals surface area contributed by atoms with Crippen molar-refractivity contribution in [3.05, 3.63) is 66.2 Å². The lowest BCUT2D eigenvalue weighted by Gasteiger charge is -2.21. The summed E-state index contributed by atoms with van der Waals surface area (Å²) in [4.78, 5) is 2.74. The monoisotopic (exact) mass is 384 g/mol. The molecule has 0 bridgehead atoms. The van der Waals surface area contributed by atoms with Crippen LogP contribution in [0.1, 0.15) is 30.4 Å². The Bertz CT molecular complexity index is 907. The lowest BCUT2D eigenvalue weighted by molar-refractivity contribution is 0.315. The van der Waals surface area contributed by atoms with Crippen molar-refractivity contribution in [2.75, 3.05) is 25.1 Å². The summed E-state index contributed by atoms with van der Waals surface area (Å²) in [7, 11) is -1.14. The molecular weight excluding hydrogens is 356 g/mol. The minimum atomic E-state index is -3.29. The summed E-state index contributed by atoms with van der Waals surface area (Å²) in [6.07, 6.45) is 3.76. The molecule has 2 aromatic rings. The Kier molecular flexibility index (Phi) is 6.02. The number of nitrogens with zero attached hydrogens (tertiary/aromatic N) is 1. The molecular formula is C22H28N2O2S. The van der Waals surface area contributed by atoms with E-state index in [-0.39, 0.29) is 5.75 Å². The van der Waals surface area contributed by atoms with E-state index in [9.17, 15) is 8.42 Å². The van der Waals surface area contributed by atoms with E-state index in [4.69, 9.17) is 5.73 Å². The molecule has 1 heterocycles. The van der Waals surface area contributed by atoms with E-state index in [1.54, 1.807) is 24.3 Å². The smallest absolute Gasteiger partial charge is 0.178 e. The Morgan fingerprint density at radius 3 is 2.63 bits per heavy atom. The van der Waals surface area contributed by atoms with Gasteiger partial charge in [-0.25, -0.2) is 8.42 Å². The van der Waals surface area contributed by atoms with Crippen molar-refractivity contribution in [3.63, 3.8) is 0 Å². The quantitative estimate of drug-likeness (QED) is 0.738. The molecule has 1 saturated heterocycles. The number of nitrogen functional groups attached to an aromatic ring is 1. The first kappa shape index (κ1) is 19.6. The predicted octanol–water partition coefficient (Wildman–Crippen LogP) is 3.78. The second-order valence-corrected chi connectivity index (χ2v) is 9.50. The zero-order valence-electron chi connectivity index (χ0n) is 15.9. The normalized spacial score (nSPS) is 17.9. The molecule has 0 amide bonds. The van der Waals surface area contributed by atoms with Crippen LogP contribution in [0.3, 0.4) is 0 Å². The first-order valence-corrected chi connectivity index (χ1v) is 11.1. The largest absolute Gasteiger partial charge is 0.398 e. The van der Waals surface area contributed by atoms with Gasteiger partial charge in [-0.05, 0) is 74.7 Å². The molecule has 0 aliphatic carbocycles. The van der Waals surface area contributed by atoms with Gasteiger partial charge in [0.1, 0.15) is 0 Å². The van der Waals surface area contributed by atoms with Crippen molar-refractivity contribution in [1.29, 1.82) is 0 Å². The van der Waals surface area contributed by atoms with E-state index < -0.39 is 9.84 Å². The molecule has 4 nitrogen and oxygen atoms in total. The fraction of sp³-hybridized carbons (Fsp3) is 0.364. The lowest BCUT2D eigenvalue weighted by atomic mass is 9.95. The molecule has 27 heavy (non-hydrogen) atoms. The number of anilines is 1. The van der Waals surface area contributed by atoms with Gasteiger partial charge in [-0.1, -0.05) is 30.8 Å². The van der Waals surface area contributed by atoms with Crippen LogP contribution in [0, 0.1) is 0 Å². The molecule has 0 saturated carbocycles. The fourth-order valence-corrected chi connectivity index (χ4v) is 5.01. The molecule has 5 heteroatoms. The Morgan fingerprint density at radius 1 is 1.22 bits per heavy atom. The SMILES string of the molecule is C=C(CC1CCCN1C)c1cc(CCS(=O)(=O)c2ccccc2)ccc1N. The van der Waals surface area contributed by atoms with Crippen LogP contribution in [-0.4, -0.2) is 38.7 Å². The van der Waals surface area contributed by atoms with Gasteiger partial charge < -0.3 is 10.6 Å². The summed E-state index contributed by atoms with van der Waals surface area (Å²) < 4.78 is 25.0. The molecule has 2 N–H and O–H groups in total. The highest BCUT2D eigenvalue weighted by molar-refractivity contribution is 7.91. The third kappa shape index (κ3) is 4.79. The van der Waals surface area contributed by atoms with Gasteiger partial charge in [0.05, 0.1) is 10.6 Å². The van der Waals surface area contributed by atoms with Gasteiger partial charge in [0, 0.05) is 17.3 Å². The Balaban J connectivity index is 1.70. The van der Waals surface area contributed by atoms with Crippen LogP contribution < -0.4 is 5.73 Å². The molecule has 1 aliphatic rings. The number of hydrogen-bond donors (Lipinski definition) is 1. The number of sulfone groups is 1. The number of likely N-dealkylation sites (tertiary alicyclic amines) is 1. The molecule has 1 fully saturated rings. The van der Waals surface area contributed by atoms with Crippen LogP contribution in [0.25, 0.3) is 5.57 Å². The van der Waals surface area contributed by atoms with Crippen LogP contribution in [0.15, 0.2) is 60.0 Å². The number of aryl methyl sites for hydroxylation is 1. The third-order valence-electron chi connectivity index (χ3n) is 5.41. The van der Waals surface area contributed by atoms with Gasteiger partial charge >= 0.3 is 0 Å². The highest BCUT2D eigenvalue weighted by Crippen LogP contribution is 2.30. The molecule has 144 valence electrons. The second kappa shape index (κ2) is 8.28. The summed E-state index contributed by atoms with van der Waals surface area (Å²) in [5.41, 5.74) is 9.83. The van der Waals surface area contributed by atoms with Gasteiger partial charge in [-0.2, -0.15) is 0 Å². The van der Waals surface area contributed by atoms with Crippen molar-refractivity contribution in [3.8, 4) is 0 Å². The topological polar surface area (TPSA) is 63.4 Å². The van der Waals surface area contributed by atoms with E-state index in [1.807, 2.05) is 24.3 Å². The number of hydrogen-bond acceptors (Lipinski definition) is 4. The maximum Gasteiger partial charge on any atom is 0.178 e.